The summed E-state index contributed by atoms with van der Waals surface area (Å²) in [6.07, 6.45) is 0.969. The molecule has 0 aliphatic rings. The zero-order valence-electron chi connectivity index (χ0n) is 11.0. The number of carbonyl (C=O) groups is 1. The molecule has 0 saturated heterocycles. The fraction of sp³-hybridized carbons (Fsp3) is 0.500. The Balaban J connectivity index is 2.58. The van der Waals surface area contributed by atoms with E-state index in [4.69, 9.17) is 0 Å². The number of nitrogens with one attached hydrogen (secondary N) is 1. The van der Waals surface area contributed by atoms with E-state index >= 15 is 0 Å². The highest BCUT2D eigenvalue weighted by molar-refractivity contribution is 9.09. The lowest BCUT2D eigenvalue weighted by Gasteiger charge is -2.13. The van der Waals surface area contributed by atoms with E-state index < -0.39 is 5.82 Å². The number of alkyl halides is 1. The van der Waals surface area contributed by atoms with Gasteiger partial charge in [-0.15, -0.1) is 0 Å². The van der Waals surface area contributed by atoms with Crippen molar-refractivity contribution in [1.82, 2.24) is 5.32 Å². The Morgan fingerprint density at radius 3 is 2.72 bits per heavy atom. The first-order chi connectivity index (χ1) is 8.40. The first kappa shape index (κ1) is 15.2. The number of carbonyl (C=O) groups excluding carboxylic acids is 1. The van der Waals surface area contributed by atoms with Crippen LogP contribution in [0.3, 0.4) is 0 Å². The first-order valence-corrected chi connectivity index (χ1v) is 7.00. The normalized spacial score (nSPS) is 12.6. The maximum Gasteiger partial charge on any atom is 0.254 e. The fourth-order valence-corrected chi connectivity index (χ4v) is 2.62. The summed E-state index contributed by atoms with van der Waals surface area (Å²) in [4.78, 5) is 12.1. The summed E-state index contributed by atoms with van der Waals surface area (Å²) in [5, 5.41) is 2.75. The van der Waals surface area contributed by atoms with Gasteiger partial charge in [0.05, 0.1) is 5.56 Å². The van der Waals surface area contributed by atoms with Gasteiger partial charge < -0.3 is 5.32 Å². The van der Waals surface area contributed by atoms with Gasteiger partial charge in [0.2, 0.25) is 0 Å². The second-order valence-corrected chi connectivity index (χ2v) is 6.22. The Morgan fingerprint density at radius 2 is 2.11 bits per heavy atom. The Bertz CT molecular complexity index is 420. The zero-order chi connectivity index (χ0) is 13.7. The highest BCUT2D eigenvalue weighted by Gasteiger charge is 2.13. The second kappa shape index (κ2) is 6.88. The molecule has 4 heteroatoms. The predicted octanol–water partition coefficient (Wildman–Crippen LogP) is 3.67. The number of rotatable bonds is 5. The van der Waals surface area contributed by atoms with Gasteiger partial charge in [-0.2, -0.15) is 0 Å². The van der Waals surface area contributed by atoms with E-state index in [9.17, 15) is 9.18 Å². The Labute approximate surface area is 116 Å². The summed E-state index contributed by atoms with van der Waals surface area (Å²) >= 11 is 3.50. The number of halogens is 2. The summed E-state index contributed by atoms with van der Waals surface area (Å²) < 4.78 is 13.5. The lowest BCUT2D eigenvalue weighted by atomic mass is 10.1. The molecule has 0 radical (unpaired) electrons. The van der Waals surface area contributed by atoms with E-state index in [0.29, 0.717) is 12.5 Å². The Morgan fingerprint density at radius 1 is 1.44 bits per heavy atom. The van der Waals surface area contributed by atoms with E-state index in [1.54, 1.807) is 12.1 Å². The molecular weight excluding hydrogens is 297 g/mol. The van der Waals surface area contributed by atoms with Crippen molar-refractivity contribution in [2.75, 3.05) is 6.54 Å². The molecule has 0 heterocycles. The summed E-state index contributed by atoms with van der Waals surface area (Å²) in [7, 11) is 0. The SMILES string of the molecule is Cc1ccc(F)c(C(=O)NCC(Br)CC(C)C)c1. The minimum atomic E-state index is -0.479. The Kier molecular flexibility index (Phi) is 5.79. The van der Waals surface area contributed by atoms with Crippen LogP contribution in [0.4, 0.5) is 4.39 Å². The van der Waals surface area contributed by atoms with Crippen LogP contribution in [0.25, 0.3) is 0 Å². The van der Waals surface area contributed by atoms with E-state index in [-0.39, 0.29) is 16.3 Å². The van der Waals surface area contributed by atoms with Crippen molar-refractivity contribution in [3.8, 4) is 0 Å². The van der Waals surface area contributed by atoms with Crippen molar-refractivity contribution < 1.29 is 9.18 Å². The molecule has 0 aliphatic heterocycles. The summed E-state index contributed by atoms with van der Waals surface area (Å²) in [6.45, 7) is 6.58. The zero-order valence-corrected chi connectivity index (χ0v) is 12.6. The molecule has 1 rings (SSSR count). The van der Waals surface area contributed by atoms with E-state index in [0.717, 1.165) is 12.0 Å². The van der Waals surface area contributed by atoms with Crippen LogP contribution in [0.1, 0.15) is 36.2 Å². The Hall–Kier alpha value is -0.900. The van der Waals surface area contributed by atoms with Crippen molar-refractivity contribution in [2.45, 2.75) is 32.0 Å². The van der Waals surface area contributed by atoms with Crippen LogP contribution in [0.2, 0.25) is 0 Å². The molecule has 1 aromatic carbocycles. The van der Waals surface area contributed by atoms with Crippen LogP contribution in [0, 0.1) is 18.7 Å². The lowest BCUT2D eigenvalue weighted by molar-refractivity contribution is 0.0949. The van der Waals surface area contributed by atoms with Gasteiger partial charge in [-0.25, -0.2) is 4.39 Å². The van der Waals surface area contributed by atoms with Crippen molar-refractivity contribution in [3.05, 3.63) is 35.1 Å². The topological polar surface area (TPSA) is 29.1 Å². The van der Waals surface area contributed by atoms with E-state index in [2.05, 4.69) is 35.1 Å². The predicted molar refractivity (Wildman–Crippen MR) is 75.6 cm³/mol. The van der Waals surface area contributed by atoms with Gasteiger partial charge in [-0.3, -0.25) is 4.79 Å². The molecule has 100 valence electrons. The standard InChI is InChI=1S/C14H19BrFNO/c1-9(2)6-11(15)8-17-14(18)12-7-10(3)4-5-13(12)16/h4-5,7,9,11H,6,8H2,1-3H3,(H,17,18). The van der Waals surface area contributed by atoms with Gasteiger partial charge in [-0.05, 0) is 31.4 Å². The van der Waals surface area contributed by atoms with Crippen molar-refractivity contribution in [1.29, 1.82) is 0 Å². The van der Waals surface area contributed by atoms with E-state index in [1.165, 1.54) is 6.07 Å². The molecule has 1 unspecified atom stereocenters. The number of hydrogen-bond acceptors (Lipinski definition) is 1. The van der Waals surface area contributed by atoms with Crippen LogP contribution in [-0.2, 0) is 0 Å². The number of hydrogen-bond donors (Lipinski definition) is 1. The molecule has 0 saturated carbocycles. The van der Waals surface area contributed by atoms with Crippen LogP contribution >= 0.6 is 15.9 Å². The highest BCUT2D eigenvalue weighted by atomic mass is 79.9. The fourth-order valence-electron chi connectivity index (χ4n) is 1.71. The highest BCUT2D eigenvalue weighted by Crippen LogP contribution is 2.13. The molecule has 18 heavy (non-hydrogen) atoms. The average molecular weight is 316 g/mol. The molecule has 0 bridgehead atoms. The molecular formula is C14H19BrFNO. The van der Waals surface area contributed by atoms with E-state index in [1.807, 2.05) is 6.92 Å². The van der Waals surface area contributed by atoms with Gasteiger partial charge in [-0.1, -0.05) is 41.4 Å². The van der Waals surface area contributed by atoms with Crippen LogP contribution < -0.4 is 5.32 Å². The third-order valence-corrected chi connectivity index (χ3v) is 3.28. The monoisotopic (exact) mass is 315 g/mol. The quantitative estimate of drug-likeness (QED) is 0.825. The summed E-state index contributed by atoms with van der Waals surface area (Å²) in [5.74, 6) is -0.278. The molecule has 0 spiro atoms. The number of aryl methyl sites for hydroxylation is 1. The maximum atomic E-state index is 13.5. The smallest absolute Gasteiger partial charge is 0.254 e. The second-order valence-electron chi connectivity index (χ2n) is 4.92. The third kappa shape index (κ3) is 4.77. The minimum Gasteiger partial charge on any atom is -0.351 e. The van der Waals surface area contributed by atoms with Gasteiger partial charge in [0.25, 0.3) is 5.91 Å². The van der Waals surface area contributed by atoms with Gasteiger partial charge in [0.15, 0.2) is 0 Å². The van der Waals surface area contributed by atoms with Gasteiger partial charge in [0, 0.05) is 11.4 Å². The molecule has 1 aromatic rings. The minimum absolute atomic E-state index is 0.110. The molecule has 0 aromatic heterocycles. The summed E-state index contributed by atoms with van der Waals surface area (Å²) in [6, 6.07) is 4.54. The third-order valence-electron chi connectivity index (χ3n) is 2.58. The molecule has 0 fully saturated rings. The van der Waals surface area contributed by atoms with Gasteiger partial charge >= 0.3 is 0 Å². The summed E-state index contributed by atoms with van der Waals surface area (Å²) in [5.41, 5.74) is 0.985. The van der Waals surface area contributed by atoms with Gasteiger partial charge in [0.1, 0.15) is 5.82 Å². The molecule has 1 atom stereocenters. The molecule has 0 aliphatic carbocycles. The largest absolute Gasteiger partial charge is 0.351 e. The van der Waals surface area contributed by atoms with Crippen molar-refractivity contribution >= 4 is 21.8 Å². The maximum absolute atomic E-state index is 13.5. The van der Waals surface area contributed by atoms with Crippen molar-refractivity contribution in [3.63, 3.8) is 0 Å². The molecule has 1 amide bonds. The van der Waals surface area contributed by atoms with Crippen LogP contribution in [-0.4, -0.2) is 17.3 Å². The molecule has 1 N–H and O–H groups in total. The number of amides is 1. The number of benzene rings is 1. The van der Waals surface area contributed by atoms with Crippen LogP contribution in [0.15, 0.2) is 18.2 Å². The molecule has 2 nitrogen and oxygen atoms in total. The van der Waals surface area contributed by atoms with Crippen molar-refractivity contribution in [2.24, 2.45) is 5.92 Å². The lowest BCUT2D eigenvalue weighted by Crippen LogP contribution is -2.30. The van der Waals surface area contributed by atoms with Crippen LogP contribution in [0.5, 0.6) is 0 Å². The average Bonchev–Trinajstić information content (AvgIpc) is 2.28. The first-order valence-electron chi connectivity index (χ1n) is 6.08.